The Kier molecular flexibility index (Phi) is 1.51. The summed E-state index contributed by atoms with van der Waals surface area (Å²) in [6.07, 6.45) is 1.94. The summed E-state index contributed by atoms with van der Waals surface area (Å²) >= 11 is 0. The summed E-state index contributed by atoms with van der Waals surface area (Å²) in [5.74, 6) is 1.51. The van der Waals surface area contributed by atoms with Crippen molar-refractivity contribution in [2.45, 2.75) is 39.7 Å². The number of amides is 1. The van der Waals surface area contributed by atoms with Crippen LogP contribution in [0.4, 0.5) is 0 Å². The Morgan fingerprint density at radius 3 is 2.75 bits per heavy atom. The maximum atomic E-state index is 11.2. The van der Waals surface area contributed by atoms with Crippen molar-refractivity contribution in [3.63, 3.8) is 0 Å². The topological polar surface area (TPSA) is 29.1 Å². The molecule has 68 valence electrons. The van der Waals surface area contributed by atoms with E-state index in [9.17, 15) is 4.79 Å². The van der Waals surface area contributed by atoms with Gasteiger partial charge in [0.2, 0.25) is 5.91 Å². The third kappa shape index (κ3) is 0.900. The van der Waals surface area contributed by atoms with Crippen molar-refractivity contribution in [1.82, 2.24) is 5.32 Å². The zero-order chi connectivity index (χ0) is 8.93. The molecule has 3 atom stereocenters. The molecule has 1 aliphatic heterocycles. The maximum absolute atomic E-state index is 11.2. The standard InChI is InChI=1S/C10H17NO/c1-6-8-4-7(10(6,2)3)5-9(12)11-8/h6-8H,4-5H2,1-3H3,(H,11,12)/t6-,7+,8-/m1/s1. The number of carbonyl (C=O) groups excluding carboxylic acids is 1. The molecule has 0 spiro atoms. The van der Waals surface area contributed by atoms with Crippen LogP contribution in [0.2, 0.25) is 0 Å². The second-order valence-corrected chi connectivity index (χ2v) is 4.92. The first-order chi connectivity index (χ1) is 5.51. The van der Waals surface area contributed by atoms with Gasteiger partial charge in [-0.05, 0) is 23.7 Å². The summed E-state index contributed by atoms with van der Waals surface area (Å²) in [5.41, 5.74) is 0.351. The predicted octanol–water partition coefficient (Wildman–Crippen LogP) is 1.56. The molecule has 2 fully saturated rings. The highest BCUT2D eigenvalue weighted by molar-refractivity contribution is 5.78. The molecule has 2 rings (SSSR count). The van der Waals surface area contributed by atoms with Crippen molar-refractivity contribution in [2.24, 2.45) is 17.3 Å². The summed E-state index contributed by atoms with van der Waals surface area (Å²) in [6.45, 7) is 6.85. The van der Waals surface area contributed by atoms with Gasteiger partial charge in [0.1, 0.15) is 0 Å². The van der Waals surface area contributed by atoms with E-state index in [0.717, 1.165) is 6.42 Å². The fourth-order valence-corrected chi connectivity index (χ4v) is 2.72. The molecule has 0 radical (unpaired) electrons. The van der Waals surface area contributed by atoms with Gasteiger partial charge in [0.25, 0.3) is 0 Å². The molecule has 1 amide bonds. The molecule has 2 heteroatoms. The fraction of sp³-hybridized carbons (Fsp3) is 0.900. The van der Waals surface area contributed by atoms with E-state index in [1.165, 1.54) is 6.42 Å². The number of rotatable bonds is 0. The molecule has 2 nitrogen and oxygen atoms in total. The van der Waals surface area contributed by atoms with Crippen molar-refractivity contribution in [3.05, 3.63) is 0 Å². The lowest BCUT2D eigenvalue weighted by atomic mass is 9.75. The zero-order valence-electron chi connectivity index (χ0n) is 8.05. The monoisotopic (exact) mass is 167 g/mol. The van der Waals surface area contributed by atoms with E-state index in [1.54, 1.807) is 0 Å². The van der Waals surface area contributed by atoms with Crippen molar-refractivity contribution in [1.29, 1.82) is 0 Å². The van der Waals surface area contributed by atoms with E-state index in [-0.39, 0.29) is 5.91 Å². The Morgan fingerprint density at radius 1 is 1.50 bits per heavy atom. The van der Waals surface area contributed by atoms with Crippen LogP contribution in [0.25, 0.3) is 0 Å². The van der Waals surface area contributed by atoms with Crippen LogP contribution in [0.3, 0.4) is 0 Å². The van der Waals surface area contributed by atoms with Gasteiger partial charge in [-0.25, -0.2) is 0 Å². The van der Waals surface area contributed by atoms with Crippen LogP contribution in [-0.2, 0) is 4.79 Å². The number of carbonyl (C=O) groups is 1. The first-order valence-corrected chi connectivity index (χ1v) is 4.81. The van der Waals surface area contributed by atoms with E-state index in [4.69, 9.17) is 0 Å². The summed E-state index contributed by atoms with van der Waals surface area (Å²) in [6, 6.07) is 0.450. The van der Waals surface area contributed by atoms with Gasteiger partial charge in [-0.3, -0.25) is 4.79 Å². The summed E-state index contributed by atoms with van der Waals surface area (Å²) in [5, 5.41) is 3.07. The van der Waals surface area contributed by atoms with Crippen molar-refractivity contribution in [2.75, 3.05) is 0 Å². The first kappa shape index (κ1) is 8.09. The van der Waals surface area contributed by atoms with Gasteiger partial charge in [-0.15, -0.1) is 0 Å². The van der Waals surface area contributed by atoms with Gasteiger partial charge in [0.15, 0.2) is 0 Å². The summed E-state index contributed by atoms with van der Waals surface area (Å²) < 4.78 is 0. The number of piperidine rings is 1. The van der Waals surface area contributed by atoms with E-state index >= 15 is 0 Å². The molecule has 1 N–H and O–H groups in total. The number of nitrogens with one attached hydrogen (secondary N) is 1. The Morgan fingerprint density at radius 2 is 2.17 bits per heavy atom. The molecule has 0 aromatic carbocycles. The van der Waals surface area contributed by atoms with Crippen LogP contribution < -0.4 is 5.32 Å². The Labute approximate surface area is 73.7 Å². The average Bonchev–Trinajstić information content (AvgIpc) is 2.14. The third-order valence-corrected chi connectivity index (χ3v) is 4.15. The van der Waals surface area contributed by atoms with Crippen molar-refractivity contribution < 1.29 is 4.79 Å². The van der Waals surface area contributed by atoms with Gasteiger partial charge < -0.3 is 5.32 Å². The number of hydrogen-bond acceptors (Lipinski definition) is 1. The van der Waals surface area contributed by atoms with Crippen molar-refractivity contribution in [3.8, 4) is 0 Å². The molecule has 2 aliphatic rings. The average molecular weight is 167 g/mol. The van der Waals surface area contributed by atoms with Crippen LogP contribution in [0.15, 0.2) is 0 Å². The van der Waals surface area contributed by atoms with E-state index in [0.29, 0.717) is 23.3 Å². The van der Waals surface area contributed by atoms with Crippen LogP contribution in [0, 0.1) is 17.3 Å². The molecule has 0 aromatic heterocycles. The number of hydrogen-bond donors (Lipinski definition) is 1. The number of fused-ring (bicyclic) bond motifs is 2. The van der Waals surface area contributed by atoms with Gasteiger partial charge in [0.05, 0.1) is 0 Å². The lowest BCUT2D eigenvalue weighted by Gasteiger charge is -2.29. The second kappa shape index (κ2) is 2.24. The van der Waals surface area contributed by atoms with E-state index in [2.05, 4.69) is 26.1 Å². The molecule has 1 heterocycles. The van der Waals surface area contributed by atoms with E-state index in [1.807, 2.05) is 0 Å². The minimum Gasteiger partial charge on any atom is -0.353 e. The lowest BCUT2D eigenvalue weighted by Crippen LogP contribution is -2.39. The van der Waals surface area contributed by atoms with Gasteiger partial charge in [0, 0.05) is 12.5 Å². The molecule has 1 saturated heterocycles. The van der Waals surface area contributed by atoms with Crippen LogP contribution in [-0.4, -0.2) is 11.9 Å². The Bertz CT molecular complexity index is 222. The molecule has 1 aliphatic carbocycles. The molecule has 12 heavy (non-hydrogen) atoms. The highest BCUT2D eigenvalue weighted by atomic mass is 16.1. The Hall–Kier alpha value is -0.530. The van der Waals surface area contributed by atoms with Crippen LogP contribution in [0.5, 0.6) is 0 Å². The molecular weight excluding hydrogens is 150 g/mol. The van der Waals surface area contributed by atoms with Gasteiger partial charge in [-0.2, -0.15) is 0 Å². The van der Waals surface area contributed by atoms with Crippen molar-refractivity contribution >= 4 is 5.91 Å². The molecule has 1 saturated carbocycles. The van der Waals surface area contributed by atoms with E-state index < -0.39 is 0 Å². The van der Waals surface area contributed by atoms with Crippen LogP contribution >= 0.6 is 0 Å². The molecule has 0 unspecified atom stereocenters. The third-order valence-electron chi connectivity index (χ3n) is 4.15. The minimum atomic E-state index is 0.258. The summed E-state index contributed by atoms with van der Waals surface area (Å²) in [4.78, 5) is 11.2. The van der Waals surface area contributed by atoms with Crippen LogP contribution in [0.1, 0.15) is 33.6 Å². The van der Waals surface area contributed by atoms with Gasteiger partial charge in [-0.1, -0.05) is 20.8 Å². The maximum Gasteiger partial charge on any atom is 0.220 e. The minimum absolute atomic E-state index is 0.258. The molecular formula is C10H17NO. The normalized spacial score (nSPS) is 44.2. The quantitative estimate of drug-likeness (QED) is 0.583. The smallest absolute Gasteiger partial charge is 0.220 e. The fourth-order valence-electron chi connectivity index (χ4n) is 2.72. The highest BCUT2D eigenvalue weighted by Gasteiger charge is 2.50. The largest absolute Gasteiger partial charge is 0.353 e. The summed E-state index contributed by atoms with van der Waals surface area (Å²) in [7, 11) is 0. The first-order valence-electron chi connectivity index (χ1n) is 4.81. The Balaban J connectivity index is 2.28. The van der Waals surface area contributed by atoms with Gasteiger partial charge >= 0.3 is 0 Å². The zero-order valence-corrected chi connectivity index (χ0v) is 8.05. The second-order valence-electron chi connectivity index (χ2n) is 4.92. The SMILES string of the molecule is C[C@@H]1[C@H]2C[C@@H](CC(=O)N2)C1(C)C. The highest BCUT2D eigenvalue weighted by Crippen LogP contribution is 2.50. The lowest BCUT2D eigenvalue weighted by molar-refractivity contribution is -0.124. The molecule has 0 aromatic rings. The predicted molar refractivity (Wildman–Crippen MR) is 47.6 cm³/mol. The molecule has 2 bridgehead atoms.